The molecule has 6 aliphatic rings. The van der Waals surface area contributed by atoms with Crippen molar-refractivity contribution in [2.75, 3.05) is 86.2 Å². The topological polar surface area (TPSA) is 388 Å². The van der Waals surface area contributed by atoms with Crippen LogP contribution in [0, 0.1) is 24.3 Å². The van der Waals surface area contributed by atoms with Gasteiger partial charge in [0, 0.05) is 50.0 Å². The van der Waals surface area contributed by atoms with Crippen molar-refractivity contribution in [2.45, 2.75) is 119 Å². The Hall–Kier alpha value is -13.0. The van der Waals surface area contributed by atoms with E-state index < -0.39 is 17.9 Å². The van der Waals surface area contributed by atoms with E-state index in [4.69, 9.17) is 59.8 Å². The lowest BCUT2D eigenvalue weighted by Gasteiger charge is -2.20. The number of hydrogen-bond acceptors (Lipinski definition) is 26. The fraction of sp³-hybridized carbons (Fsp3) is 0.305. The predicted octanol–water partition coefficient (Wildman–Crippen LogP) is 16.4. The predicted molar refractivity (Wildman–Crippen MR) is 481 cm³/mol. The molecule has 0 saturated heterocycles. The van der Waals surface area contributed by atoms with Crippen molar-refractivity contribution >= 4 is 117 Å². The number of ketones is 3. The van der Waals surface area contributed by atoms with E-state index in [1.165, 1.54) is 69.5 Å². The number of nitrogens with two attached hydrogens (primary N) is 3. The number of nitrogen functional groups attached to an aromatic ring is 2. The summed E-state index contributed by atoms with van der Waals surface area (Å²) in [6, 6.07) is 38.6. The van der Waals surface area contributed by atoms with Gasteiger partial charge in [-0.2, -0.15) is 0 Å². The number of fused-ring (bicyclic) bond motifs is 7. The molecule has 6 aliphatic heterocycles. The van der Waals surface area contributed by atoms with E-state index in [0.29, 0.717) is 78.6 Å². The molecule has 6 aromatic carbocycles. The van der Waals surface area contributed by atoms with Gasteiger partial charge in [0.25, 0.3) is 0 Å². The Labute approximate surface area is 739 Å². The highest BCUT2D eigenvalue weighted by Crippen LogP contribution is 2.41. The van der Waals surface area contributed by atoms with Crippen molar-refractivity contribution in [1.29, 1.82) is 0 Å². The van der Waals surface area contributed by atoms with Crippen molar-refractivity contribution in [2.24, 2.45) is 5.73 Å². The first kappa shape index (κ1) is 94.9. The van der Waals surface area contributed by atoms with E-state index in [2.05, 4.69) is 76.3 Å². The first-order valence-electron chi connectivity index (χ1n) is 40.1. The number of H-pyrrole nitrogens is 1. The number of nitrogens with one attached hydrogen (secondary N) is 1. The van der Waals surface area contributed by atoms with Gasteiger partial charge >= 0.3 is 29.8 Å². The SMILES string of the molecule is CCOC(=O)/C=C(/C)N.COC(=O)C(=Cc1ccc2c(c1)CCCO2)C(C)=O.COC(=O)c1c(C)nc(N)c(C(C)=O)c1-c1ccc2c(c1)CCCO2.COC(=O)c1c(C)nc(N)c(C=O)c1-c1ccc2c(c1)CCCO2.COC(=O)c1c(C)nc2[nH]ccc2c1-c1ccc2c(c1)CCCO2.Cl.Ic1ccc2c(c1)CCCO2.O=C1CCOc2ccccc21. The second-order valence-corrected chi connectivity index (χ2v) is 30.1. The molecule has 0 fully saturated rings. The van der Waals surface area contributed by atoms with Crippen LogP contribution in [0.3, 0.4) is 0 Å². The number of rotatable bonds is 13. The molecule has 0 aliphatic carbocycles. The van der Waals surface area contributed by atoms with Gasteiger partial charge in [0.05, 0.1) is 125 Å². The molecule has 0 atom stereocenters. The number of esters is 5. The maximum atomic E-state index is 12.4. The van der Waals surface area contributed by atoms with Gasteiger partial charge in [0.1, 0.15) is 57.4 Å². The van der Waals surface area contributed by atoms with Gasteiger partial charge in [-0.15, -0.1) is 12.4 Å². The Balaban J connectivity index is 0.000000168. The number of aryl methyl sites for hydroxylation is 8. The van der Waals surface area contributed by atoms with E-state index in [1.807, 2.05) is 104 Å². The summed E-state index contributed by atoms with van der Waals surface area (Å²) in [7, 11) is 5.26. The van der Waals surface area contributed by atoms with Crippen molar-refractivity contribution in [3.05, 3.63) is 232 Å². The number of ether oxygens (including phenoxy) is 11. The van der Waals surface area contributed by atoms with Crippen LogP contribution in [-0.4, -0.2) is 148 Å². The van der Waals surface area contributed by atoms with Crippen molar-refractivity contribution in [3.8, 4) is 67.9 Å². The Morgan fingerprint density at radius 3 is 1.40 bits per heavy atom. The third-order valence-electron chi connectivity index (χ3n) is 20.3. The molecular weight excluding hydrogens is 1720 g/mol. The number of carbonyl (C=O) groups excluding carboxylic acids is 9. The van der Waals surface area contributed by atoms with Crippen LogP contribution in [0.5, 0.6) is 34.5 Å². The lowest BCUT2D eigenvalue weighted by Crippen LogP contribution is -2.15. The highest BCUT2D eigenvalue weighted by atomic mass is 127. The van der Waals surface area contributed by atoms with E-state index in [0.717, 1.165) is 173 Å². The summed E-state index contributed by atoms with van der Waals surface area (Å²) < 4.78 is 58.5. The molecule has 650 valence electrons. The zero-order chi connectivity index (χ0) is 88.6. The van der Waals surface area contributed by atoms with Crippen LogP contribution in [-0.2, 0) is 70.2 Å². The van der Waals surface area contributed by atoms with Gasteiger partial charge in [0.15, 0.2) is 23.6 Å². The third-order valence-corrected chi connectivity index (χ3v) is 20.9. The molecule has 27 nitrogen and oxygen atoms in total. The Kier molecular flexibility index (Phi) is 34.6. The van der Waals surface area contributed by atoms with Crippen LogP contribution >= 0.6 is 35.0 Å². The summed E-state index contributed by atoms with van der Waals surface area (Å²) in [5.41, 5.74) is 32.8. The monoisotopic (exact) mass is 1820 g/mol. The van der Waals surface area contributed by atoms with Crippen LogP contribution in [0.1, 0.15) is 179 Å². The van der Waals surface area contributed by atoms with Gasteiger partial charge < -0.3 is 74.3 Å². The van der Waals surface area contributed by atoms with E-state index in [-0.39, 0.29) is 81.2 Å². The molecule has 10 aromatic rings. The molecule has 0 radical (unpaired) electrons. The number of benzene rings is 6. The maximum Gasteiger partial charge on any atom is 0.341 e. The second kappa shape index (κ2) is 45.3. The number of aldehydes is 1. The zero-order valence-electron chi connectivity index (χ0n) is 71.1. The van der Waals surface area contributed by atoms with Gasteiger partial charge in [-0.05, 0) is 276 Å². The number of aromatic amines is 1. The van der Waals surface area contributed by atoms with E-state index >= 15 is 0 Å². The quantitative estimate of drug-likeness (QED) is 0.0122. The smallest absolute Gasteiger partial charge is 0.341 e. The summed E-state index contributed by atoms with van der Waals surface area (Å²) in [6.45, 7) is 16.0. The number of Topliss-reactive ketones (excluding diaryl/α,β-unsaturated/α-hetero) is 3. The summed E-state index contributed by atoms with van der Waals surface area (Å²) in [6.07, 6.45) is 15.7. The number of hydrogen-bond donors (Lipinski definition) is 4. The zero-order valence-corrected chi connectivity index (χ0v) is 74.1. The Morgan fingerprint density at radius 2 is 0.935 bits per heavy atom. The van der Waals surface area contributed by atoms with Gasteiger partial charge in [-0.3, -0.25) is 19.2 Å². The molecule has 29 heteroatoms. The van der Waals surface area contributed by atoms with Crippen LogP contribution in [0.2, 0.25) is 0 Å². The van der Waals surface area contributed by atoms with Crippen LogP contribution in [0.4, 0.5) is 11.6 Å². The van der Waals surface area contributed by atoms with Crippen LogP contribution < -0.4 is 45.6 Å². The molecule has 0 saturated carbocycles. The number of anilines is 2. The van der Waals surface area contributed by atoms with Crippen molar-refractivity contribution < 1.29 is 95.3 Å². The normalized spacial score (nSPS) is 13.4. The average molecular weight is 1820 g/mol. The Bertz CT molecular complexity index is 5720. The minimum absolute atomic E-state index is 0. The molecule has 16 rings (SSSR count). The number of carbonyl (C=O) groups is 9. The first-order chi connectivity index (χ1) is 59.2. The van der Waals surface area contributed by atoms with Crippen molar-refractivity contribution in [3.63, 3.8) is 0 Å². The third kappa shape index (κ3) is 23.8. The number of nitrogens with zero attached hydrogens (tertiary/aromatic N) is 3. The second-order valence-electron chi connectivity index (χ2n) is 28.9. The minimum atomic E-state index is -0.610. The minimum Gasteiger partial charge on any atom is -0.493 e. The summed E-state index contributed by atoms with van der Waals surface area (Å²) in [5.74, 6) is 2.67. The molecule has 7 N–H and O–H groups in total. The number of para-hydroxylation sites is 1. The molecule has 10 heterocycles. The highest BCUT2D eigenvalue weighted by Gasteiger charge is 2.30. The molecule has 0 amide bonds. The average Bonchev–Trinajstić information content (AvgIpc) is 0.925. The molecule has 124 heavy (non-hydrogen) atoms. The summed E-state index contributed by atoms with van der Waals surface area (Å²) >= 11 is 2.33. The molecule has 4 aromatic heterocycles. The lowest BCUT2D eigenvalue weighted by molar-refractivity contribution is -0.138. The van der Waals surface area contributed by atoms with Crippen molar-refractivity contribution in [1.82, 2.24) is 19.9 Å². The van der Waals surface area contributed by atoms with E-state index in [9.17, 15) is 43.2 Å². The largest absolute Gasteiger partial charge is 0.493 e. The molecule has 0 bridgehead atoms. The van der Waals surface area contributed by atoms with Gasteiger partial charge in [-0.1, -0.05) is 36.4 Å². The first-order valence-corrected chi connectivity index (χ1v) is 41.2. The summed E-state index contributed by atoms with van der Waals surface area (Å²) in [4.78, 5) is 121. The number of halogens is 2. The fourth-order valence-corrected chi connectivity index (χ4v) is 15.1. The summed E-state index contributed by atoms with van der Waals surface area (Å²) in [5, 5.41) is 0.915. The van der Waals surface area contributed by atoms with Gasteiger partial charge in [0.2, 0.25) is 0 Å². The standard InChI is InChI=1S/C19H20N2O4.C19H18N2O3.C18H18N2O4.C15H16O4.C9H9IO.C9H8O2.C6H11NO2.ClH/c1-10-15(19(23)24-3)17(16(11(2)22)18(20)21-10)13-6-7-14-12(9-13)5-4-8-25-14;1-11-16(19(22)23-2)17(14-7-8-20-18(14)21-11)13-5-6-15-12(10-13)4-3-9-24-15;1-10-15(18(22)23-2)16(13(9-21)17(19)20-10)12-5-6-14-11(8-12)4-3-7-24-14;1-10(16)13(15(17)18-2)9-11-5-6-14-12(8-11)4-3-7-19-14;10-8-3-4-9-7(6-8)2-1-5-11-9;10-8-5-6-11-9-4-2-1-3-7(8)9;1-3-9-6(8)4-5(2)7;/h6-7,9H,4-5,8H2,1-3H3,(H2,20,21);5-8,10H,3-4,9H2,1-2H3,(H,20,21);5-6,8-9H,3-4,7H2,1-2H3,(H2,19,20);5-6,8-9H,3-4,7H2,1-2H3;3-4,6H,1-2,5H2;1-4H,5-6H2;4H,3,7H2,1-2H3;1H/b;;;;;;5-4-;. The number of methoxy groups -OCH3 is 4. The van der Waals surface area contributed by atoms with Crippen LogP contribution in [0.15, 0.2) is 145 Å². The number of allylic oxidation sites excluding steroid dienone is 1. The highest BCUT2D eigenvalue weighted by molar-refractivity contribution is 14.1. The molecule has 0 spiro atoms. The lowest BCUT2D eigenvalue weighted by atomic mass is 9.90. The number of aromatic nitrogens is 4. The molecular formula is C95H101ClIN7O20. The maximum absolute atomic E-state index is 12.4. The fourth-order valence-electron chi connectivity index (χ4n) is 14.6. The van der Waals surface area contributed by atoms with E-state index in [1.54, 1.807) is 39.8 Å². The molecule has 0 unspecified atom stereocenters. The van der Waals surface area contributed by atoms with Gasteiger partial charge in [-0.25, -0.2) is 38.9 Å². The van der Waals surface area contributed by atoms with Crippen LogP contribution in [0.25, 0.3) is 50.5 Å². The Morgan fingerprint density at radius 1 is 0.500 bits per heavy atom. The number of pyridine rings is 3.